The molecule has 0 bridgehead atoms. The molecular weight excluding hydrogens is 326 g/mol. The quantitative estimate of drug-likeness (QED) is 0.857. The fourth-order valence-corrected chi connectivity index (χ4v) is 2.76. The minimum atomic E-state index is -0.204. The van der Waals surface area contributed by atoms with E-state index < -0.39 is 0 Å². The third-order valence-corrected chi connectivity index (χ3v) is 4.25. The zero-order valence-corrected chi connectivity index (χ0v) is 13.1. The maximum Gasteiger partial charge on any atom is 0.251 e. The Kier molecular flexibility index (Phi) is 4.88. The Labute approximate surface area is 126 Å². The lowest BCUT2D eigenvalue weighted by Crippen LogP contribution is -2.38. The first kappa shape index (κ1) is 15.1. The Bertz CT molecular complexity index is 475. The minimum Gasteiger partial charge on any atom is -0.495 e. The number of halogens is 1. The number of hydrogen-bond acceptors (Lipinski definition) is 4. The summed E-state index contributed by atoms with van der Waals surface area (Å²) in [5.74, 6) is 1.30. The second-order valence-corrected chi connectivity index (χ2v) is 5.69. The van der Waals surface area contributed by atoms with Crippen molar-refractivity contribution in [3.63, 3.8) is 0 Å². The lowest BCUT2D eigenvalue weighted by molar-refractivity contribution is 0.0420. The molecule has 0 atom stereocenters. The van der Waals surface area contributed by atoms with Crippen molar-refractivity contribution in [2.24, 2.45) is 5.92 Å². The first-order chi connectivity index (χ1) is 9.55. The Morgan fingerprint density at radius 3 is 2.35 bits per heavy atom. The van der Waals surface area contributed by atoms with Crippen LogP contribution < -0.4 is 14.8 Å². The molecule has 2 rings (SSSR count). The van der Waals surface area contributed by atoms with Gasteiger partial charge in [0.15, 0.2) is 0 Å². The van der Waals surface area contributed by atoms with Crippen LogP contribution in [-0.4, -0.2) is 37.9 Å². The number of hydrogen-bond donors (Lipinski definition) is 2. The van der Waals surface area contributed by atoms with Gasteiger partial charge in [-0.25, -0.2) is 0 Å². The van der Waals surface area contributed by atoms with Gasteiger partial charge in [-0.1, -0.05) is 0 Å². The Morgan fingerprint density at radius 2 is 1.90 bits per heavy atom. The highest BCUT2D eigenvalue weighted by atomic mass is 79.9. The van der Waals surface area contributed by atoms with Crippen LogP contribution in [0.25, 0.3) is 0 Å². The van der Waals surface area contributed by atoms with Crippen LogP contribution in [0.15, 0.2) is 16.6 Å². The van der Waals surface area contributed by atoms with E-state index in [-0.39, 0.29) is 12.0 Å². The molecule has 1 aliphatic rings. The number of aliphatic hydroxyl groups excluding tert-OH is 1. The largest absolute Gasteiger partial charge is 0.495 e. The van der Waals surface area contributed by atoms with Crippen molar-refractivity contribution < 1.29 is 19.4 Å². The summed E-state index contributed by atoms with van der Waals surface area (Å²) in [6, 6.07) is 3.33. The van der Waals surface area contributed by atoms with Gasteiger partial charge in [0.05, 0.1) is 20.3 Å². The number of methoxy groups -OCH3 is 2. The summed E-state index contributed by atoms with van der Waals surface area (Å²) in [6.07, 6.45) is 1.31. The molecule has 0 unspecified atom stereocenters. The number of aliphatic hydroxyl groups is 1. The van der Waals surface area contributed by atoms with Crippen LogP contribution in [0.5, 0.6) is 11.5 Å². The van der Waals surface area contributed by atoms with Gasteiger partial charge >= 0.3 is 0 Å². The Hall–Kier alpha value is -1.27. The molecule has 1 amide bonds. The van der Waals surface area contributed by atoms with Gasteiger partial charge in [-0.05, 0) is 46.8 Å². The molecule has 2 N–H and O–H groups in total. The van der Waals surface area contributed by atoms with Crippen LogP contribution >= 0.6 is 15.9 Å². The monoisotopic (exact) mass is 343 g/mol. The summed E-state index contributed by atoms with van der Waals surface area (Å²) in [4.78, 5) is 12.1. The molecule has 1 aromatic rings. The van der Waals surface area contributed by atoms with E-state index in [1.165, 1.54) is 14.2 Å². The van der Waals surface area contributed by atoms with Gasteiger partial charge in [0.25, 0.3) is 5.91 Å². The van der Waals surface area contributed by atoms with Crippen LogP contribution in [0.1, 0.15) is 23.2 Å². The fraction of sp³-hybridized carbons (Fsp3) is 0.500. The molecule has 1 aliphatic carbocycles. The van der Waals surface area contributed by atoms with Crippen LogP contribution in [0.2, 0.25) is 0 Å². The van der Waals surface area contributed by atoms with Crippen molar-refractivity contribution in [3.8, 4) is 11.5 Å². The molecule has 0 aromatic heterocycles. The van der Waals surface area contributed by atoms with Gasteiger partial charge in [0.1, 0.15) is 16.0 Å². The van der Waals surface area contributed by atoms with Crippen molar-refractivity contribution in [1.82, 2.24) is 5.32 Å². The van der Waals surface area contributed by atoms with Crippen molar-refractivity contribution in [2.45, 2.75) is 18.9 Å². The van der Waals surface area contributed by atoms with Crippen LogP contribution in [0.3, 0.4) is 0 Å². The van der Waals surface area contributed by atoms with Gasteiger partial charge in [-0.15, -0.1) is 0 Å². The first-order valence-electron chi connectivity index (χ1n) is 6.43. The van der Waals surface area contributed by atoms with E-state index in [1.807, 2.05) is 0 Å². The summed E-state index contributed by atoms with van der Waals surface area (Å²) < 4.78 is 11.1. The molecule has 1 fully saturated rings. The van der Waals surface area contributed by atoms with E-state index in [9.17, 15) is 9.90 Å². The van der Waals surface area contributed by atoms with E-state index in [0.717, 1.165) is 12.8 Å². The summed E-state index contributed by atoms with van der Waals surface area (Å²) >= 11 is 3.36. The molecule has 0 aliphatic heterocycles. The van der Waals surface area contributed by atoms with Crippen molar-refractivity contribution in [2.75, 3.05) is 20.8 Å². The highest BCUT2D eigenvalue weighted by Crippen LogP contribution is 2.35. The number of rotatable bonds is 5. The van der Waals surface area contributed by atoms with E-state index in [2.05, 4.69) is 21.2 Å². The molecule has 20 heavy (non-hydrogen) atoms. The molecule has 0 saturated heterocycles. The minimum absolute atomic E-state index is 0.171. The number of ether oxygens (including phenoxy) is 2. The van der Waals surface area contributed by atoms with Crippen LogP contribution in [0.4, 0.5) is 0 Å². The average molecular weight is 344 g/mol. The first-order valence-corrected chi connectivity index (χ1v) is 7.22. The second kappa shape index (κ2) is 6.45. The van der Waals surface area contributed by atoms with Crippen molar-refractivity contribution in [1.29, 1.82) is 0 Å². The van der Waals surface area contributed by atoms with E-state index in [1.54, 1.807) is 12.1 Å². The third kappa shape index (κ3) is 3.24. The van der Waals surface area contributed by atoms with Gasteiger partial charge in [0.2, 0.25) is 0 Å². The molecule has 0 heterocycles. The number of benzene rings is 1. The zero-order valence-electron chi connectivity index (χ0n) is 11.5. The molecule has 0 spiro atoms. The number of nitrogens with one attached hydrogen (secondary N) is 1. The van der Waals surface area contributed by atoms with Crippen LogP contribution in [-0.2, 0) is 0 Å². The standard InChI is InChI=1S/C14H18BrNO4/c1-19-11-5-9(6-12(20-2)13(11)15)14(18)16-7-8-3-10(17)4-8/h5-6,8,10,17H,3-4,7H2,1-2H3,(H,16,18). The Morgan fingerprint density at radius 1 is 1.35 bits per heavy atom. The molecule has 1 saturated carbocycles. The molecule has 0 radical (unpaired) electrons. The molecule has 6 heteroatoms. The van der Waals surface area contributed by atoms with Gasteiger partial charge in [-0.2, -0.15) is 0 Å². The number of carbonyl (C=O) groups excluding carboxylic acids is 1. The molecular formula is C14H18BrNO4. The Balaban J connectivity index is 2.05. The highest BCUT2D eigenvalue weighted by Gasteiger charge is 2.27. The molecule has 5 nitrogen and oxygen atoms in total. The maximum atomic E-state index is 12.1. The molecule has 110 valence electrons. The summed E-state index contributed by atoms with van der Waals surface area (Å²) in [5.41, 5.74) is 0.488. The van der Waals surface area contributed by atoms with Gasteiger partial charge < -0.3 is 19.9 Å². The summed E-state index contributed by atoms with van der Waals surface area (Å²) in [5, 5.41) is 12.1. The van der Waals surface area contributed by atoms with E-state index in [4.69, 9.17) is 9.47 Å². The van der Waals surface area contributed by atoms with E-state index in [0.29, 0.717) is 34.0 Å². The summed E-state index contributed by atoms with van der Waals surface area (Å²) in [6.45, 7) is 0.580. The number of amides is 1. The van der Waals surface area contributed by atoms with Crippen LogP contribution in [0, 0.1) is 5.92 Å². The van der Waals surface area contributed by atoms with Crippen molar-refractivity contribution in [3.05, 3.63) is 22.2 Å². The smallest absolute Gasteiger partial charge is 0.251 e. The third-order valence-electron chi connectivity index (χ3n) is 3.47. The lowest BCUT2D eigenvalue weighted by atomic mass is 9.82. The predicted octanol–water partition coefficient (Wildman–Crippen LogP) is 1.97. The fourth-order valence-electron chi connectivity index (χ4n) is 2.21. The van der Waals surface area contributed by atoms with Gasteiger partial charge in [0, 0.05) is 12.1 Å². The highest BCUT2D eigenvalue weighted by molar-refractivity contribution is 9.10. The van der Waals surface area contributed by atoms with Crippen molar-refractivity contribution >= 4 is 21.8 Å². The normalized spacial score (nSPS) is 21.0. The average Bonchev–Trinajstić information content (AvgIpc) is 2.42. The maximum absolute atomic E-state index is 12.1. The topological polar surface area (TPSA) is 67.8 Å². The second-order valence-electron chi connectivity index (χ2n) is 4.90. The summed E-state index contributed by atoms with van der Waals surface area (Å²) in [7, 11) is 3.08. The van der Waals surface area contributed by atoms with Gasteiger partial charge in [-0.3, -0.25) is 4.79 Å². The number of carbonyl (C=O) groups is 1. The zero-order chi connectivity index (χ0) is 14.7. The SMILES string of the molecule is COc1cc(C(=O)NCC2CC(O)C2)cc(OC)c1Br. The lowest BCUT2D eigenvalue weighted by Gasteiger charge is -2.31. The predicted molar refractivity (Wildman–Crippen MR) is 78.3 cm³/mol. The molecule has 1 aromatic carbocycles. The van der Waals surface area contributed by atoms with E-state index >= 15 is 0 Å².